The van der Waals surface area contributed by atoms with Crippen LogP contribution in [0.4, 0.5) is 0 Å². The lowest BCUT2D eigenvalue weighted by Crippen LogP contribution is -2.22. The molecule has 17 heavy (non-hydrogen) atoms. The van der Waals surface area contributed by atoms with Crippen molar-refractivity contribution in [2.45, 2.75) is 26.4 Å². The van der Waals surface area contributed by atoms with Crippen LogP contribution in [0.25, 0.3) is 0 Å². The number of carbonyl (C=O) groups excluding carboxylic acids is 1. The SMILES string of the molecule is CC(C)(C)OCCOC(=O)c1cccc(Cl)n1. The summed E-state index contributed by atoms with van der Waals surface area (Å²) in [7, 11) is 0. The van der Waals surface area contributed by atoms with Gasteiger partial charge in [0, 0.05) is 0 Å². The summed E-state index contributed by atoms with van der Waals surface area (Å²) in [6.45, 7) is 6.37. The third-order valence-corrected chi connectivity index (χ3v) is 1.99. The summed E-state index contributed by atoms with van der Waals surface area (Å²) in [6, 6.07) is 4.80. The zero-order valence-corrected chi connectivity index (χ0v) is 11.0. The molecule has 0 radical (unpaired) electrons. The van der Waals surface area contributed by atoms with E-state index in [1.807, 2.05) is 20.8 Å². The fourth-order valence-electron chi connectivity index (χ4n) is 1.08. The molecule has 0 fully saturated rings. The van der Waals surface area contributed by atoms with E-state index in [-0.39, 0.29) is 23.1 Å². The first-order valence-electron chi connectivity index (χ1n) is 5.32. The summed E-state index contributed by atoms with van der Waals surface area (Å²) >= 11 is 5.67. The molecule has 0 aliphatic carbocycles. The van der Waals surface area contributed by atoms with E-state index >= 15 is 0 Å². The molecule has 1 aromatic heterocycles. The molecule has 94 valence electrons. The minimum atomic E-state index is -0.495. The minimum absolute atomic E-state index is 0.199. The Morgan fingerprint density at radius 1 is 1.35 bits per heavy atom. The Labute approximate surface area is 106 Å². The monoisotopic (exact) mass is 257 g/mol. The van der Waals surface area contributed by atoms with Gasteiger partial charge in [-0.2, -0.15) is 0 Å². The Hall–Kier alpha value is -1.13. The van der Waals surface area contributed by atoms with Gasteiger partial charge in [0.15, 0.2) is 0 Å². The van der Waals surface area contributed by atoms with Crippen LogP contribution >= 0.6 is 11.6 Å². The number of hydrogen-bond donors (Lipinski definition) is 0. The Morgan fingerprint density at radius 3 is 2.65 bits per heavy atom. The summed E-state index contributed by atoms with van der Waals surface area (Å²) in [4.78, 5) is 15.4. The van der Waals surface area contributed by atoms with E-state index in [0.29, 0.717) is 6.61 Å². The third kappa shape index (κ3) is 5.65. The van der Waals surface area contributed by atoms with Gasteiger partial charge in [0.25, 0.3) is 0 Å². The Morgan fingerprint density at radius 2 is 2.06 bits per heavy atom. The molecule has 0 spiro atoms. The molecule has 0 amide bonds. The molecule has 0 atom stereocenters. The first kappa shape index (κ1) is 13.9. The normalized spacial score (nSPS) is 11.3. The van der Waals surface area contributed by atoms with Crippen molar-refractivity contribution in [1.82, 2.24) is 4.98 Å². The van der Waals surface area contributed by atoms with Gasteiger partial charge < -0.3 is 9.47 Å². The summed E-state index contributed by atoms with van der Waals surface area (Å²) in [5.41, 5.74) is -0.0333. The topological polar surface area (TPSA) is 48.4 Å². The van der Waals surface area contributed by atoms with Crippen LogP contribution in [-0.2, 0) is 9.47 Å². The molecule has 1 rings (SSSR count). The number of halogens is 1. The molecular formula is C12H16ClNO3. The summed E-state index contributed by atoms with van der Waals surface area (Å²) in [5.74, 6) is -0.495. The van der Waals surface area contributed by atoms with Gasteiger partial charge in [-0.15, -0.1) is 0 Å². The summed E-state index contributed by atoms with van der Waals surface area (Å²) < 4.78 is 10.4. The molecule has 1 heterocycles. The largest absolute Gasteiger partial charge is 0.459 e. The molecular weight excluding hydrogens is 242 g/mol. The Balaban J connectivity index is 2.36. The van der Waals surface area contributed by atoms with Crippen molar-refractivity contribution in [2.75, 3.05) is 13.2 Å². The second-order valence-electron chi connectivity index (χ2n) is 4.44. The lowest BCUT2D eigenvalue weighted by Gasteiger charge is -2.19. The molecule has 0 unspecified atom stereocenters. The molecule has 0 aliphatic rings. The predicted molar refractivity (Wildman–Crippen MR) is 65.2 cm³/mol. The van der Waals surface area contributed by atoms with Gasteiger partial charge in [0.2, 0.25) is 0 Å². The van der Waals surface area contributed by atoms with Crippen LogP contribution in [0, 0.1) is 0 Å². The molecule has 0 bridgehead atoms. The van der Waals surface area contributed by atoms with E-state index in [9.17, 15) is 4.79 Å². The van der Waals surface area contributed by atoms with E-state index in [0.717, 1.165) is 0 Å². The number of ether oxygens (including phenoxy) is 2. The van der Waals surface area contributed by atoms with Gasteiger partial charge in [-0.1, -0.05) is 17.7 Å². The number of esters is 1. The second-order valence-corrected chi connectivity index (χ2v) is 4.83. The van der Waals surface area contributed by atoms with E-state index in [1.54, 1.807) is 18.2 Å². The van der Waals surface area contributed by atoms with Crippen LogP contribution in [-0.4, -0.2) is 29.8 Å². The molecule has 0 N–H and O–H groups in total. The molecule has 0 saturated carbocycles. The zero-order valence-electron chi connectivity index (χ0n) is 10.2. The van der Waals surface area contributed by atoms with Crippen molar-refractivity contribution in [3.05, 3.63) is 29.0 Å². The molecule has 0 aliphatic heterocycles. The van der Waals surface area contributed by atoms with E-state index in [1.165, 1.54) is 0 Å². The van der Waals surface area contributed by atoms with Crippen molar-refractivity contribution in [2.24, 2.45) is 0 Å². The Kier molecular flexibility index (Phi) is 4.90. The van der Waals surface area contributed by atoms with Crippen molar-refractivity contribution in [1.29, 1.82) is 0 Å². The van der Waals surface area contributed by atoms with Crippen LogP contribution in [0.2, 0.25) is 5.15 Å². The molecule has 4 nitrogen and oxygen atoms in total. The van der Waals surface area contributed by atoms with Crippen molar-refractivity contribution in [3.8, 4) is 0 Å². The van der Waals surface area contributed by atoms with Crippen LogP contribution in [0.1, 0.15) is 31.3 Å². The minimum Gasteiger partial charge on any atom is -0.459 e. The van der Waals surface area contributed by atoms with Gasteiger partial charge in [0.1, 0.15) is 17.5 Å². The lowest BCUT2D eigenvalue weighted by molar-refractivity contribution is -0.0283. The fraction of sp³-hybridized carbons (Fsp3) is 0.500. The fourth-order valence-corrected chi connectivity index (χ4v) is 1.24. The summed E-state index contributed by atoms with van der Waals surface area (Å²) in [5, 5.41) is 0.269. The molecule has 5 heteroatoms. The zero-order chi connectivity index (χ0) is 12.9. The van der Waals surface area contributed by atoms with Gasteiger partial charge in [-0.3, -0.25) is 0 Å². The average molecular weight is 258 g/mol. The lowest BCUT2D eigenvalue weighted by atomic mass is 10.2. The van der Waals surface area contributed by atoms with Crippen LogP contribution in [0.5, 0.6) is 0 Å². The number of carbonyl (C=O) groups is 1. The standard InChI is InChI=1S/C12H16ClNO3/c1-12(2,3)17-8-7-16-11(15)9-5-4-6-10(13)14-9/h4-6H,7-8H2,1-3H3. The van der Waals surface area contributed by atoms with E-state index < -0.39 is 5.97 Å². The van der Waals surface area contributed by atoms with E-state index in [2.05, 4.69) is 4.98 Å². The Bertz CT molecular complexity index is 388. The quantitative estimate of drug-likeness (QED) is 0.473. The number of aromatic nitrogens is 1. The van der Waals surface area contributed by atoms with Crippen LogP contribution < -0.4 is 0 Å². The summed E-state index contributed by atoms with van der Waals surface area (Å²) in [6.07, 6.45) is 0. The predicted octanol–water partition coefficient (Wildman–Crippen LogP) is 2.71. The van der Waals surface area contributed by atoms with Gasteiger partial charge in [-0.05, 0) is 32.9 Å². The first-order valence-corrected chi connectivity index (χ1v) is 5.70. The van der Waals surface area contributed by atoms with Crippen molar-refractivity contribution < 1.29 is 14.3 Å². The second kappa shape index (κ2) is 5.98. The van der Waals surface area contributed by atoms with Gasteiger partial charge in [0.05, 0.1) is 12.2 Å². The molecule has 0 saturated heterocycles. The highest BCUT2D eigenvalue weighted by Gasteiger charge is 2.12. The smallest absolute Gasteiger partial charge is 0.357 e. The molecule has 1 aromatic rings. The number of hydrogen-bond acceptors (Lipinski definition) is 4. The number of nitrogens with zero attached hydrogens (tertiary/aromatic N) is 1. The average Bonchev–Trinajstić information content (AvgIpc) is 2.23. The highest BCUT2D eigenvalue weighted by Crippen LogP contribution is 2.08. The maximum absolute atomic E-state index is 11.5. The van der Waals surface area contributed by atoms with Crippen molar-refractivity contribution >= 4 is 17.6 Å². The first-order chi connectivity index (χ1) is 7.88. The number of pyridine rings is 1. The highest BCUT2D eigenvalue weighted by atomic mass is 35.5. The maximum Gasteiger partial charge on any atom is 0.357 e. The van der Waals surface area contributed by atoms with E-state index in [4.69, 9.17) is 21.1 Å². The van der Waals surface area contributed by atoms with Crippen LogP contribution in [0.3, 0.4) is 0 Å². The maximum atomic E-state index is 11.5. The molecule has 0 aromatic carbocycles. The van der Waals surface area contributed by atoms with Gasteiger partial charge >= 0.3 is 5.97 Å². The van der Waals surface area contributed by atoms with Gasteiger partial charge in [-0.25, -0.2) is 9.78 Å². The van der Waals surface area contributed by atoms with Crippen molar-refractivity contribution in [3.63, 3.8) is 0 Å². The van der Waals surface area contributed by atoms with Crippen LogP contribution in [0.15, 0.2) is 18.2 Å². The number of rotatable bonds is 4. The third-order valence-electron chi connectivity index (χ3n) is 1.78. The highest BCUT2D eigenvalue weighted by molar-refractivity contribution is 6.29.